The van der Waals surface area contributed by atoms with Gasteiger partial charge in [-0.1, -0.05) is 12.1 Å². The first-order valence-corrected chi connectivity index (χ1v) is 10.6. The predicted octanol–water partition coefficient (Wildman–Crippen LogP) is 2.41. The van der Waals surface area contributed by atoms with Crippen LogP contribution in [0.3, 0.4) is 0 Å². The van der Waals surface area contributed by atoms with Crippen molar-refractivity contribution in [2.24, 2.45) is 0 Å². The average Bonchev–Trinajstić information content (AvgIpc) is 3.38. The lowest BCUT2D eigenvalue weighted by Gasteiger charge is -2.15. The summed E-state index contributed by atoms with van der Waals surface area (Å²) in [6.45, 7) is 4.57. The van der Waals surface area contributed by atoms with Gasteiger partial charge in [-0.2, -0.15) is 5.26 Å². The molecule has 1 aliphatic heterocycles. The van der Waals surface area contributed by atoms with Crippen molar-refractivity contribution in [3.05, 3.63) is 47.5 Å². The van der Waals surface area contributed by atoms with Crippen molar-refractivity contribution >= 4 is 34.7 Å². The predicted molar refractivity (Wildman–Crippen MR) is 113 cm³/mol. The van der Waals surface area contributed by atoms with E-state index in [2.05, 4.69) is 26.7 Å². The van der Waals surface area contributed by atoms with E-state index in [1.54, 1.807) is 18.0 Å². The number of aryl methyl sites for hydroxylation is 2. The largest absolute Gasteiger partial charge is 0.327 e. The summed E-state index contributed by atoms with van der Waals surface area (Å²) in [4.78, 5) is 25.9. The third-order valence-electron chi connectivity index (χ3n) is 4.94. The number of nitriles is 1. The number of carbonyl (C=O) groups excluding carboxylic acids is 1. The molecule has 0 aliphatic carbocycles. The quantitative estimate of drug-likeness (QED) is 0.668. The molecule has 1 amide bonds. The van der Waals surface area contributed by atoms with Crippen molar-refractivity contribution in [1.82, 2.24) is 24.8 Å². The Kier molecular flexibility index (Phi) is 5.47. The summed E-state index contributed by atoms with van der Waals surface area (Å²) < 4.78 is 2.03. The molecular weight excluding hydrogens is 386 g/mol. The monoisotopic (exact) mass is 407 g/mol. The van der Waals surface area contributed by atoms with E-state index in [1.165, 1.54) is 0 Å². The molecule has 1 fully saturated rings. The Morgan fingerprint density at radius 1 is 1.45 bits per heavy atom. The van der Waals surface area contributed by atoms with Gasteiger partial charge in [0.15, 0.2) is 0 Å². The zero-order chi connectivity index (χ0) is 20.4. The van der Waals surface area contributed by atoms with E-state index in [9.17, 15) is 10.1 Å². The molecule has 29 heavy (non-hydrogen) atoms. The summed E-state index contributed by atoms with van der Waals surface area (Å²) in [6.07, 6.45) is 1.64. The highest BCUT2D eigenvalue weighted by atomic mass is 32.2. The fourth-order valence-corrected chi connectivity index (χ4v) is 4.40. The maximum atomic E-state index is 12.4. The van der Waals surface area contributed by atoms with Crippen LogP contribution in [-0.4, -0.2) is 43.1 Å². The molecule has 3 heterocycles. The van der Waals surface area contributed by atoms with Gasteiger partial charge in [-0.25, -0.2) is 15.0 Å². The van der Waals surface area contributed by atoms with Gasteiger partial charge >= 0.3 is 0 Å². The number of imidazole rings is 1. The van der Waals surface area contributed by atoms with Gasteiger partial charge in [-0.15, -0.1) is 11.8 Å². The van der Waals surface area contributed by atoms with Crippen LogP contribution in [0.15, 0.2) is 30.5 Å². The normalized spacial score (nSPS) is 17.2. The van der Waals surface area contributed by atoms with Crippen molar-refractivity contribution in [3.8, 4) is 6.07 Å². The number of anilines is 1. The highest BCUT2D eigenvalue weighted by molar-refractivity contribution is 7.99. The minimum absolute atomic E-state index is 0.167. The molecule has 0 spiro atoms. The van der Waals surface area contributed by atoms with Crippen LogP contribution in [0, 0.1) is 18.3 Å². The van der Waals surface area contributed by atoms with Crippen LogP contribution in [0.25, 0.3) is 11.0 Å². The number of para-hydroxylation sites is 2. The molecule has 8 nitrogen and oxygen atoms in total. The number of amides is 1. The highest BCUT2D eigenvalue weighted by Gasteiger charge is 2.27. The Balaban J connectivity index is 1.71. The Morgan fingerprint density at radius 2 is 2.28 bits per heavy atom. The van der Waals surface area contributed by atoms with Crippen molar-refractivity contribution in [2.75, 3.05) is 16.9 Å². The zero-order valence-corrected chi connectivity index (χ0v) is 17.0. The number of nitrogens with one attached hydrogen (secondary N) is 2. The molecule has 2 N–H and O–H groups in total. The lowest BCUT2D eigenvalue weighted by atomic mass is 10.0. The smallest absolute Gasteiger partial charge is 0.244 e. The standard InChI is InChI=1S/C20H21N7OS/c1-3-27-16-7-5-4-6-14(16)24-18(27)13(8-21)17-12(2)9-22-20(25-17)26-19(28)15-10-29-11-23-15/h4-7,9,13,15,23H,3,10-11H2,1-2H3,(H,22,25,26,28)/t13?,15-/m0/s1. The third-order valence-corrected chi connectivity index (χ3v) is 5.88. The Bertz CT molecular complexity index is 1100. The molecule has 0 bridgehead atoms. The molecular formula is C20H21N7OS. The van der Waals surface area contributed by atoms with Crippen LogP contribution in [0.5, 0.6) is 0 Å². The number of fused-ring (bicyclic) bond motifs is 1. The molecule has 1 saturated heterocycles. The Morgan fingerprint density at radius 3 is 3.00 bits per heavy atom. The molecule has 2 atom stereocenters. The van der Waals surface area contributed by atoms with Crippen LogP contribution in [0.4, 0.5) is 5.95 Å². The maximum Gasteiger partial charge on any atom is 0.244 e. The molecule has 2 aromatic heterocycles. The van der Waals surface area contributed by atoms with Crippen LogP contribution in [-0.2, 0) is 11.3 Å². The third kappa shape index (κ3) is 3.69. The fourth-order valence-electron chi connectivity index (χ4n) is 3.46. The molecule has 1 unspecified atom stereocenters. The van der Waals surface area contributed by atoms with Crippen molar-refractivity contribution < 1.29 is 4.79 Å². The van der Waals surface area contributed by atoms with Crippen LogP contribution in [0.2, 0.25) is 0 Å². The second-order valence-electron chi connectivity index (χ2n) is 6.79. The number of benzene rings is 1. The SMILES string of the molecule is CCn1c(C(C#N)c2nc(NC(=O)[C@@H]3CSCN3)ncc2C)nc2ccccc21. The van der Waals surface area contributed by atoms with E-state index in [-0.39, 0.29) is 17.9 Å². The lowest BCUT2D eigenvalue weighted by Crippen LogP contribution is -2.38. The first kappa shape index (κ1) is 19.4. The molecule has 3 aromatic rings. The minimum atomic E-state index is -0.666. The van der Waals surface area contributed by atoms with Gasteiger partial charge in [-0.05, 0) is 31.5 Å². The summed E-state index contributed by atoms with van der Waals surface area (Å²) in [7, 11) is 0. The van der Waals surface area contributed by atoms with E-state index < -0.39 is 5.92 Å². The van der Waals surface area contributed by atoms with Gasteiger partial charge in [0.25, 0.3) is 0 Å². The summed E-state index contributed by atoms with van der Waals surface area (Å²) in [6, 6.07) is 9.90. The number of rotatable bonds is 5. The molecule has 1 aliphatic rings. The topological polar surface area (TPSA) is 109 Å². The Hall–Kier alpha value is -2.96. The van der Waals surface area contributed by atoms with Gasteiger partial charge < -0.3 is 4.57 Å². The second kappa shape index (κ2) is 8.19. The van der Waals surface area contributed by atoms with E-state index in [0.29, 0.717) is 23.8 Å². The molecule has 4 rings (SSSR count). The van der Waals surface area contributed by atoms with Gasteiger partial charge in [0.1, 0.15) is 11.7 Å². The van der Waals surface area contributed by atoms with Gasteiger partial charge in [0, 0.05) is 24.4 Å². The first-order valence-electron chi connectivity index (χ1n) is 9.42. The van der Waals surface area contributed by atoms with Crippen LogP contribution >= 0.6 is 11.8 Å². The summed E-state index contributed by atoms with van der Waals surface area (Å²) in [5.41, 5.74) is 3.15. The molecule has 9 heteroatoms. The molecule has 0 radical (unpaired) electrons. The number of hydrogen-bond donors (Lipinski definition) is 2. The van der Waals surface area contributed by atoms with Crippen LogP contribution in [0.1, 0.15) is 29.9 Å². The maximum absolute atomic E-state index is 12.4. The van der Waals surface area contributed by atoms with E-state index >= 15 is 0 Å². The lowest BCUT2D eigenvalue weighted by molar-refractivity contribution is -0.117. The zero-order valence-electron chi connectivity index (χ0n) is 16.2. The van der Waals surface area contributed by atoms with Gasteiger partial charge in [-0.3, -0.25) is 15.4 Å². The van der Waals surface area contributed by atoms with E-state index in [0.717, 1.165) is 22.5 Å². The number of carbonyl (C=O) groups is 1. The minimum Gasteiger partial charge on any atom is -0.327 e. The Labute approximate surface area is 172 Å². The first-order chi connectivity index (χ1) is 14.1. The number of hydrogen-bond acceptors (Lipinski definition) is 7. The van der Waals surface area contributed by atoms with Crippen molar-refractivity contribution in [3.63, 3.8) is 0 Å². The molecule has 0 saturated carbocycles. The van der Waals surface area contributed by atoms with Crippen molar-refractivity contribution in [1.29, 1.82) is 5.26 Å². The van der Waals surface area contributed by atoms with Crippen molar-refractivity contribution in [2.45, 2.75) is 32.4 Å². The van der Waals surface area contributed by atoms with E-state index in [4.69, 9.17) is 4.98 Å². The van der Waals surface area contributed by atoms with Gasteiger partial charge in [0.05, 0.1) is 28.8 Å². The average molecular weight is 408 g/mol. The number of aromatic nitrogens is 4. The highest BCUT2D eigenvalue weighted by Crippen LogP contribution is 2.28. The van der Waals surface area contributed by atoms with Gasteiger partial charge in [0.2, 0.25) is 11.9 Å². The fraction of sp³-hybridized carbons (Fsp3) is 0.350. The summed E-state index contributed by atoms with van der Waals surface area (Å²) in [5, 5.41) is 15.9. The molecule has 1 aromatic carbocycles. The number of thioether (sulfide) groups is 1. The number of nitrogens with zero attached hydrogens (tertiary/aromatic N) is 5. The van der Waals surface area contributed by atoms with Crippen LogP contribution < -0.4 is 10.6 Å². The second-order valence-corrected chi connectivity index (χ2v) is 7.82. The summed E-state index contributed by atoms with van der Waals surface area (Å²) in [5.74, 6) is 1.48. The summed E-state index contributed by atoms with van der Waals surface area (Å²) >= 11 is 1.67. The van der Waals surface area contributed by atoms with E-state index in [1.807, 2.05) is 42.7 Å². The molecule has 148 valence electrons.